The normalized spacial score (nSPS) is 21.1. The van der Waals surface area contributed by atoms with Gasteiger partial charge in [0, 0.05) is 36.6 Å². The maximum absolute atomic E-state index is 5.96. The lowest BCUT2D eigenvalue weighted by Gasteiger charge is -2.16. The second-order valence-corrected chi connectivity index (χ2v) is 6.52. The summed E-state index contributed by atoms with van der Waals surface area (Å²) >= 11 is 1.57. The van der Waals surface area contributed by atoms with Crippen LogP contribution >= 0.6 is 36.2 Å². The molecule has 4 N–H and O–H groups in total. The summed E-state index contributed by atoms with van der Waals surface area (Å²) in [6.07, 6.45) is 1.88. The summed E-state index contributed by atoms with van der Waals surface area (Å²) in [5, 5.41) is 0.647. The first kappa shape index (κ1) is 19.2. The van der Waals surface area contributed by atoms with Crippen LogP contribution in [-0.2, 0) is 6.54 Å². The van der Waals surface area contributed by atoms with Gasteiger partial charge in [-0.05, 0) is 18.0 Å². The lowest BCUT2D eigenvalue weighted by Crippen LogP contribution is -2.22. The maximum Gasteiger partial charge on any atom is 0.180 e. The number of nitrogens with zero attached hydrogens (tertiary/aromatic N) is 2. The Balaban J connectivity index is 0.00000121. The number of benzene rings is 1. The van der Waals surface area contributed by atoms with E-state index < -0.39 is 0 Å². The third-order valence-electron chi connectivity index (χ3n) is 4.00. The number of anilines is 1. The third-order valence-corrected chi connectivity index (χ3v) is 4.81. The number of hydrogen-bond acceptors (Lipinski definition) is 5. The van der Waals surface area contributed by atoms with E-state index in [0.717, 1.165) is 26.2 Å². The SMILES string of the molecule is Cl.Cl.NC[C@@H]1CN(Cc2cnc(N)s2)C[C@H]1c1ccccc1. The van der Waals surface area contributed by atoms with E-state index in [1.165, 1.54) is 10.4 Å². The molecule has 0 unspecified atom stereocenters. The van der Waals surface area contributed by atoms with E-state index >= 15 is 0 Å². The van der Waals surface area contributed by atoms with Gasteiger partial charge in [-0.25, -0.2) is 4.98 Å². The molecule has 1 aliphatic heterocycles. The Morgan fingerprint density at radius 1 is 1.18 bits per heavy atom. The zero-order valence-electron chi connectivity index (χ0n) is 12.2. The average Bonchev–Trinajstić information content (AvgIpc) is 3.06. The molecule has 1 saturated heterocycles. The van der Waals surface area contributed by atoms with Crippen molar-refractivity contribution in [1.29, 1.82) is 0 Å². The molecule has 0 spiro atoms. The second-order valence-electron chi connectivity index (χ2n) is 5.37. The zero-order valence-corrected chi connectivity index (χ0v) is 14.7. The minimum atomic E-state index is 0. The van der Waals surface area contributed by atoms with Crippen LogP contribution in [0, 0.1) is 5.92 Å². The van der Waals surface area contributed by atoms with Crippen LogP contribution in [0.1, 0.15) is 16.4 Å². The van der Waals surface area contributed by atoms with Crippen molar-refractivity contribution in [2.24, 2.45) is 11.7 Å². The highest BCUT2D eigenvalue weighted by Gasteiger charge is 2.32. The Bertz CT molecular complexity index is 564. The number of hydrogen-bond donors (Lipinski definition) is 2. The molecule has 0 aliphatic carbocycles. The fraction of sp³-hybridized carbons (Fsp3) is 0.400. The Labute approximate surface area is 147 Å². The van der Waals surface area contributed by atoms with Crippen molar-refractivity contribution in [3.8, 4) is 0 Å². The van der Waals surface area contributed by atoms with Gasteiger partial charge >= 0.3 is 0 Å². The molecular weight excluding hydrogens is 339 g/mol. The van der Waals surface area contributed by atoms with E-state index in [9.17, 15) is 0 Å². The molecule has 1 aliphatic rings. The first-order valence-corrected chi connectivity index (χ1v) is 7.75. The van der Waals surface area contributed by atoms with Gasteiger partial charge in [-0.15, -0.1) is 36.2 Å². The first-order chi connectivity index (χ1) is 9.76. The van der Waals surface area contributed by atoms with Crippen molar-refractivity contribution >= 4 is 41.3 Å². The molecule has 122 valence electrons. The van der Waals surface area contributed by atoms with Crippen molar-refractivity contribution in [2.75, 3.05) is 25.4 Å². The quantitative estimate of drug-likeness (QED) is 0.879. The van der Waals surface area contributed by atoms with E-state index in [2.05, 4.69) is 40.2 Å². The molecule has 1 aromatic heterocycles. The van der Waals surface area contributed by atoms with Crippen LogP contribution in [0.3, 0.4) is 0 Å². The van der Waals surface area contributed by atoms with Crippen LogP contribution in [-0.4, -0.2) is 29.5 Å². The van der Waals surface area contributed by atoms with Crippen molar-refractivity contribution in [3.63, 3.8) is 0 Å². The minimum absolute atomic E-state index is 0. The topological polar surface area (TPSA) is 68.2 Å². The van der Waals surface area contributed by atoms with Crippen LogP contribution < -0.4 is 11.5 Å². The van der Waals surface area contributed by atoms with Crippen LogP contribution in [0.25, 0.3) is 0 Å². The average molecular weight is 361 g/mol. The third kappa shape index (κ3) is 4.33. The molecule has 0 saturated carbocycles. The predicted molar refractivity (Wildman–Crippen MR) is 98.0 cm³/mol. The Kier molecular flexibility index (Phi) is 7.59. The second kappa shape index (κ2) is 8.70. The molecule has 0 bridgehead atoms. The van der Waals surface area contributed by atoms with Gasteiger partial charge < -0.3 is 11.5 Å². The number of thiazole rings is 1. The molecule has 0 amide bonds. The number of rotatable bonds is 4. The molecule has 4 nitrogen and oxygen atoms in total. The summed E-state index contributed by atoms with van der Waals surface area (Å²) < 4.78 is 0. The summed E-state index contributed by atoms with van der Waals surface area (Å²) in [5.74, 6) is 1.06. The van der Waals surface area contributed by atoms with E-state index in [0.29, 0.717) is 17.0 Å². The highest BCUT2D eigenvalue weighted by atomic mass is 35.5. The summed E-state index contributed by atoms with van der Waals surface area (Å²) in [5.41, 5.74) is 13.1. The Hall–Kier alpha value is -0.850. The molecular formula is C15H22Cl2N4S. The molecule has 2 atom stereocenters. The van der Waals surface area contributed by atoms with Gasteiger partial charge in [0.2, 0.25) is 0 Å². The van der Waals surface area contributed by atoms with Gasteiger partial charge in [0.15, 0.2) is 5.13 Å². The molecule has 2 heterocycles. The van der Waals surface area contributed by atoms with Gasteiger partial charge in [-0.3, -0.25) is 4.90 Å². The lowest BCUT2D eigenvalue weighted by atomic mass is 9.89. The summed E-state index contributed by atoms with van der Waals surface area (Å²) in [4.78, 5) is 7.81. The summed E-state index contributed by atoms with van der Waals surface area (Å²) in [7, 11) is 0. The maximum atomic E-state index is 5.96. The molecule has 3 rings (SSSR count). The van der Waals surface area contributed by atoms with E-state index in [-0.39, 0.29) is 24.8 Å². The summed E-state index contributed by atoms with van der Waals surface area (Å²) in [6, 6.07) is 10.7. The number of nitrogen functional groups attached to an aromatic ring is 1. The number of nitrogens with two attached hydrogens (primary N) is 2. The van der Waals surface area contributed by atoms with E-state index in [1.807, 2.05) is 6.20 Å². The van der Waals surface area contributed by atoms with Crippen molar-refractivity contribution < 1.29 is 0 Å². The molecule has 2 aromatic rings. The van der Waals surface area contributed by atoms with Crippen LogP contribution in [0.4, 0.5) is 5.13 Å². The van der Waals surface area contributed by atoms with Gasteiger partial charge in [0.25, 0.3) is 0 Å². The lowest BCUT2D eigenvalue weighted by molar-refractivity contribution is 0.319. The fourth-order valence-electron chi connectivity index (χ4n) is 3.02. The number of likely N-dealkylation sites (tertiary alicyclic amines) is 1. The van der Waals surface area contributed by atoms with Gasteiger partial charge in [0.1, 0.15) is 0 Å². The number of halogens is 2. The summed E-state index contributed by atoms with van der Waals surface area (Å²) in [6.45, 7) is 3.77. The van der Waals surface area contributed by atoms with Crippen molar-refractivity contribution in [2.45, 2.75) is 12.5 Å². The first-order valence-electron chi connectivity index (χ1n) is 6.94. The monoisotopic (exact) mass is 360 g/mol. The standard InChI is InChI=1S/C15H20N4S.2ClH/c16-6-12-8-19(9-13-7-18-15(17)20-13)10-14(12)11-4-2-1-3-5-11;;/h1-5,7,12,14H,6,8-10,16H2,(H2,17,18);2*1H/t12-,14+;;/m1../s1. The van der Waals surface area contributed by atoms with E-state index in [1.54, 1.807) is 11.3 Å². The minimum Gasteiger partial charge on any atom is -0.375 e. The number of aromatic nitrogens is 1. The highest BCUT2D eigenvalue weighted by molar-refractivity contribution is 7.15. The van der Waals surface area contributed by atoms with Crippen LogP contribution in [0.2, 0.25) is 0 Å². The molecule has 7 heteroatoms. The molecule has 1 fully saturated rings. The smallest absolute Gasteiger partial charge is 0.180 e. The predicted octanol–water partition coefficient (Wildman–Crippen LogP) is 2.74. The van der Waals surface area contributed by atoms with Crippen molar-refractivity contribution in [1.82, 2.24) is 9.88 Å². The van der Waals surface area contributed by atoms with Crippen molar-refractivity contribution in [3.05, 3.63) is 47.0 Å². The zero-order chi connectivity index (χ0) is 13.9. The van der Waals surface area contributed by atoms with Crippen LogP contribution in [0.5, 0.6) is 0 Å². The molecule has 22 heavy (non-hydrogen) atoms. The Morgan fingerprint density at radius 3 is 2.50 bits per heavy atom. The van der Waals surface area contributed by atoms with Gasteiger partial charge in [-0.2, -0.15) is 0 Å². The van der Waals surface area contributed by atoms with Gasteiger partial charge in [-0.1, -0.05) is 30.3 Å². The van der Waals surface area contributed by atoms with Gasteiger partial charge in [0.05, 0.1) is 0 Å². The molecule has 0 radical (unpaired) electrons. The fourth-order valence-corrected chi connectivity index (χ4v) is 3.75. The molecule has 1 aromatic carbocycles. The van der Waals surface area contributed by atoms with Crippen LogP contribution in [0.15, 0.2) is 36.5 Å². The van der Waals surface area contributed by atoms with E-state index in [4.69, 9.17) is 11.5 Å². The highest BCUT2D eigenvalue weighted by Crippen LogP contribution is 2.33. The Morgan fingerprint density at radius 2 is 1.91 bits per heavy atom. The largest absolute Gasteiger partial charge is 0.375 e.